The lowest BCUT2D eigenvalue weighted by Gasteiger charge is -2.36. The van der Waals surface area contributed by atoms with E-state index in [2.05, 4.69) is 0 Å². The Bertz CT molecular complexity index is 645. The average Bonchev–Trinajstić information content (AvgIpc) is 2.54. The van der Waals surface area contributed by atoms with Gasteiger partial charge in [0.25, 0.3) is 0 Å². The van der Waals surface area contributed by atoms with Crippen LogP contribution in [0.1, 0.15) is 42.1 Å². The van der Waals surface area contributed by atoms with E-state index in [-0.39, 0.29) is 37.3 Å². The molecule has 1 aliphatic heterocycles. The Morgan fingerprint density at radius 2 is 2.04 bits per heavy atom. The molecule has 1 fully saturated rings. The minimum Gasteiger partial charge on any atom is -0.493 e. The van der Waals surface area contributed by atoms with E-state index in [1.54, 1.807) is 6.92 Å². The standard InChI is InChI=1S/C17H20F3NO4/c1-2-25-13-9-11(6-7-12(13)16(23)24)10-15(22)21-8-4-3-5-14(21)17(18,19)20/h6-7,9,14H,2-5,8,10H2,1H3,(H,23,24). The summed E-state index contributed by atoms with van der Waals surface area (Å²) >= 11 is 0. The number of halogens is 3. The second-order valence-corrected chi connectivity index (χ2v) is 5.89. The van der Waals surface area contributed by atoms with Crippen molar-refractivity contribution < 1.29 is 32.6 Å². The first-order valence-electron chi connectivity index (χ1n) is 8.09. The minimum absolute atomic E-state index is 0.0517. The molecule has 5 nitrogen and oxygen atoms in total. The fraction of sp³-hybridized carbons (Fsp3) is 0.529. The monoisotopic (exact) mass is 359 g/mol. The first-order valence-corrected chi connectivity index (χ1v) is 8.09. The number of hydrogen-bond acceptors (Lipinski definition) is 3. The summed E-state index contributed by atoms with van der Waals surface area (Å²) in [5.41, 5.74) is 0.370. The summed E-state index contributed by atoms with van der Waals surface area (Å²) in [5.74, 6) is -1.69. The van der Waals surface area contributed by atoms with Gasteiger partial charge < -0.3 is 14.7 Å². The number of likely N-dealkylation sites (tertiary alicyclic amines) is 1. The molecule has 0 aliphatic carbocycles. The smallest absolute Gasteiger partial charge is 0.408 e. The van der Waals surface area contributed by atoms with Crippen LogP contribution in [0.3, 0.4) is 0 Å². The number of benzene rings is 1. The summed E-state index contributed by atoms with van der Waals surface area (Å²) in [6, 6.07) is 2.37. The zero-order valence-corrected chi connectivity index (χ0v) is 13.8. The maximum Gasteiger partial charge on any atom is 0.408 e. The zero-order chi connectivity index (χ0) is 18.6. The first-order chi connectivity index (χ1) is 11.7. The molecule has 8 heteroatoms. The van der Waals surface area contributed by atoms with Gasteiger partial charge in [0.1, 0.15) is 17.4 Å². The van der Waals surface area contributed by atoms with E-state index in [1.807, 2.05) is 0 Å². The van der Waals surface area contributed by atoms with E-state index >= 15 is 0 Å². The number of hydrogen-bond donors (Lipinski definition) is 1. The van der Waals surface area contributed by atoms with Crippen molar-refractivity contribution in [2.75, 3.05) is 13.2 Å². The van der Waals surface area contributed by atoms with E-state index in [4.69, 9.17) is 9.84 Å². The van der Waals surface area contributed by atoms with Gasteiger partial charge in [-0.15, -0.1) is 0 Å². The fourth-order valence-electron chi connectivity index (χ4n) is 2.97. The molecule has 1 heterocycles. The number of ether oxygens (including phenoxy) is 1. The fourth-order valence-corrected chi connectivity index (χ4v) is 2.97. The molecule has 1 N–H and O–H groups in total. The van der Waals surface area contributed by atoms with Gasteiger partial charge in [0.2, 0.25) is 5.91 Å². The van der Waals surface area contributed by atoms with Crippen LogP contribution < -0.4 is 4.74 Å². The number of carboxylic acid groups (broad SMARTS) is 1. The molecule has 1 unspecified atom stereocenters. The highest BCUT2D eigenvalue weighted by Crippen LogP contribution is 2.32. The van der Waals surface area contributed by atoms with Gasteiger partial charge in [0.05, 0.1) is 13.0 Å². The summed E-state index contributed by atoms with van der Waals surface area (Å²) < 4.78 is 44.6. The molecule has 2 rings (SSSR count). The summed E-state index contributed by atoms with van der Waals surface area (Å²) in [5, 5.41) is 9.11. The quantitative estimate of drug-likeness (QED) is 0.876. The lowest BCUT2D eigenvalue weighted by atomic mass is 10.00. The molecular weight excluding hydrogens is 339 g/mol. The average molecular weight is 359 g/mol. The maximum absolute atomic E-state index is 13.1. The van der Waals surface area contributed by atoms with Crippen molar-refractivity contribution >= 4 is 11.9 Å². The van der Waals surface area contributed by atoms with Crippen LogP contribution in [0, 0.1) is 0 Å². The summed E-state index contributed by atoms with van der Waals surface area (Å²) in [6.07, 6.45) is -3.78. The third kappa shape index (κ3) is 4.64. The molecule has 0 spiro atoms. The molecule has 1 atom stereocenters. The zero-order valence-electron chi connectivity index (χ0n) is 13.8. The number of carbonyl (C=O) groups excluding carboxylic acids is 1. The molecular formula is C17H20F3NO4. The number of piperidine rings is 1. The van der Waals surface area contributed by atoms with Crippen LogP contribution in [0.25, 0.3) is 0 Å². The van der Waals surface area contributed by atoms with Gasteiger partial charge in [-0.25, -0.2) is 4.79 Å². The lowest BCUT2D eigenvalue weighted by molar-refractivity contribution is -0.195. The molecule has 1 amide bonds. The van der Waals surface area contributed by atoms with E-state index in [1.165, 1.54) is 18.2 Å². The Balaban J connectivity index is 2.19. The largest absolute Gasteiger partial charge is 0.493 e. The number of rotatable bonds is 5. The number of amides is 1. The van der Waals surface area contributed by atoms with E-state index in [0.717, 1.165) is 4.90 Å². The van der Waals surface area contributed by atoms with Crippen molar-refractivity contribution in [2.24, 2.45) is 0 Å². The molecule has 1 aromatic carbocycles. The SMILES string of the molecule is CCOc1cc(CC(=O)N2CCCCC2C(F)(F)F)ccc1C(=O)O. The number of nitrogens with zero attached hydrogens (tertiary/aromatic N) is 1. The normalized spacial score (nSPS) is 18.1. The highest BCUT2D eigenvalue weighted by molar-refractivity contribution is 5.91. The van der Waals surface area contributed by atoms with Crippen LogP contribution in [-0.4, -0.2) is 47.3 Å². The van der Waals surface area contributed by atoms with Gasteiger partial charge in [-0.3, -0.25) is 4.79 Å². The first kappa shape index (κ1) is 19.1. The molecule has 1 saturated heterocycles. The third-order valence-electron chi connectivity index (χ3n) is 4.13. The Hall–Kier alpha value is -2.25. The van der Waals surface area contributed by atoms with Crippen LogP contribution in [0.5, 0.6) is 5.75 Å². The number of carbonyl (C=O) groups is 2. The van der Waals surface area contributed by atoms with Crippen molar-refractivity contribution in [3.05, 3.63) is 29.3 Å². The van der Waals surface area contributed by atoms with E-state index in [0.29, 0.717) is 18.4 Å². The molecule has 0 bridgehead atoms. The van der Waals surface area contributed by atoms with Crippen molar-refractivity contribution in [1.82, 2.24) is 4.90 Å². The Morgan fingerprint density at radius 3 is 2.64 bits per heavy atom. The molecule has 1 aliphatic rings. The van der Waals surface area contributed by atoms with Gasteiger partial charge in [0, 0.05) is 6.54 Å². The van der Waals surface area contributed by atoms with Crippen molar-refractivity contribution in [3.8, 4) is 5.75 Å². The van der Waals surface area contributed by atoms with Gasteiger partial charge in [-0.05, 0) is 43.9 Å². The van der Waals surface area contributed by atoms with E-state index < -0.39 is 24.1 Å². The molecule has 1 aromatic rings. The Kier molecular flexibility index (Phi) is 5.92. The topological polar surface area (TPSA) is 66.8 Å². The molecule has 25 heavy (non-hydrogen) atoms. The highest BCUT2D eigenvalue weighted by atomic mass is 19.4. The summed E-state index contributed by atoms with van der Waals surface area (Å²) in [4.78, 5) is 24.4. The number of aromatic carboxylic acids is 1. The molecule has 0 saturated carbocycles. The summed E-state index contributed by atoms with van der Waals surface area (Å²) in [7, 11) is 0. The summed E-state index contributed by atoms with van der Waals surface area (Å²) in [6.45, 7) is 2.00. The highest BCUT2D eigenvalue weighted by Gasteiger charge is 2.46. The van der Waals surface area contributed by atoms with Gasteiger partial charge in [-0.1, -0.05) is 6.07 Å². The van der Waals surface area contributed by atoms with Gasteiger partial charge in [-0.2, -0.15) is 13.2 Å². The van der Waals surface area contributed by atoms with Gasteiger partial charge in [0.15, 0.2) is 0 Å². The minimum atomic E-state index is -4.44. The maximum atomic E-state index is 13.1. The molecule has 138 valence electrons. The van der Waals surface area contributed by atoms with Crippen molar-refractivity contribution in [3.63, 3.8) is 0 Å². The van der Waals surface area contributed by atoms with Crippen LogP contribution in [0.2, 0.25) is 0 Å². The second kappa shape index (κ2) is 7.76. The van der Waals surface area contributed by atoms with Crippen molar-refractivity contribution in [1.29, 1.82) is 0 Å². The third-order valence-corrected chi connectivity index (χ3v) is 4.13. The van der Waals surface area contributed by atoms with Gasteiger partial charge >= 0.3 is 12.1 Å². The van der Waals surface area contributed by atoms with E-state index in [9.17, 15) is 22.8 Å². The number of alkyl halides is 3. The Morgan fingerprint density at radius 1 is 1.32 bits per heavy atom. The van der Waals surface area contributed by atoms with Crippen LogP contribution >= 0.6 is 0 Å². The second-order valence-electron chi connectivity index (χ2n) is 5.89. The molecule has 0 aromatic heterocycles. The Labute approximate surface area is 143 Å². The van der Waals surface area contributed by atoms with Crippen molar-refractivity contribution in [2.45, 2.75) is 44.8 Å². The predicted octanol–water partition coefficient (Wildman–Crippen LogP) is 3.27. The number of carboxylic acids is 1. The van der Waals surface area contributed by atoms with Crippen LogP contribution in [0.15, 0.2) is 18.2 Å². The predicted molar refractivity (Wildman–Crippen MR) is 83.7 cm³/mol. The molecule has 0 radical (unpaired) electrons. The van der Waals surface area contributed by atoms with Crippen LogP contribution in [0.4, 0.5) is 13.2 Å². The lowest BCUT2D eigenvalue weighted by Crippen LogP contribution is -2.51. The van der Waals surface area contributed by atoms with Crippen LogP contribution in [-0.2, 0) is 11.2 Å².